The van der Waals surface area contributed by atoms with E-state index >= 15 is 0 Å². The van der Waals surface area contributed by atoms with Gasteiger partial charge in [0.1, 0.15) is 0 Å². The smallest absolute Gasteiger partial charge is 0.338 e. The normalized spacial score (nSPS) is 16.8. The predicted octanol–water partition coefficient (Wildman–Crippen LogP) is 4.30. The quantitative estimate of drug-likeness (QED) is 0.523. The van der Waals surface area contributed by atoms with E-state index in [1.54, 1.807) is 0 Å². The second-order valence-electron chi connectivity index (χ2n) is 9.83. The Labute approximate surface area is 196 Å². The molecule has 0 saturated carbocycles. The van der Waals surface area contributed by atoms with Crippen LogP contribution in [0.2, 0.25) is 0 Å². The maximum Gasteiger partial charge on any atom is 0.338 e. The fourth-order valence-corrected chi connectivity index (χ4v) is 5.05. The Kier molecular flexibility index (Phi) is 6.64. The number of pyridine rings is 1. The van der Waals surface area contributed by atoms with Gasteiger partial charge in [0, 0.05) is 61.4 Å². The van der Waals surface area contributed by atoms with Gasteiger partial charge in [-0.2, -0.15) is 5.10 Å². The summed E-state index contributed by atoms with van der Waals surface area (Å²) in [6, 6.07) is 6.89. The highest BCUT2D eigenvalue weighted by atomic mass is 16.5. The second-order valence-corrected chi connectivity index (χ2v) is 9.83. The van der Waals surface area contributed by atoms with E-state index in [-0.39, 0.29) is 18.1 Å². The molecule has 0 radical (unpaired) electrons. The van der Waals surface area contributed by atoms with Gasteiger partial charge in [0.05, 0.1) is 17.4 Å². The Hall–Kier alpha value is -2.64. The average molecular weight is 452 g/mol. The Balaban J connectivity index is 1.78. The first-order chi connectivity index (χ1) is 15.7. The predicted molar refractivity (Wildman–Crippen MR) is 132 cm³/mol. The third kappa shape index (κ3) is 4.70. The fourth-order valence-electron chi connectivity index (χ4n) is 5.05. The zero-order valence-corrected chi connectivity index (χ0v) is 21.0. The standard InChI is InChI=1S/C26H37N5O2/c1-17(2)33-26(32)23-15-22-14-20(24-10-11-29(7)27-24)16-31(22)25(18(23)3)19(4)30-12-8-21(9-13-30)28(5)6/h10-11,14-17,19,21H,8-9,12-13H2,1-7H3. The van der Waals surface area contributed by atoms with Gasteiger partial charge >= 0.3 is 5.97 Å². The van der Waals surface area contributed by atoms with Crippen LogP contribution in [0.5, 0.6) is 0 Å². The van der Waals surface area contributed by atoms with Gasteiger partial charge in [-0.1, -0.05) is 0 Å². The molecule has 1 unspecified atom stereocenters. The van der Waals surface area contributed by atoms with Crippen molar-refractivity contribution in [2.75, 3.05) is 27.2 Å². The van der Waals surface area contributed by atoms with E-state index in [1.807, 2.05) is 43.9 Å². The Morgan fingerprint density at radius 2 is 1.88 bits per heavy atom. The summed E-state index contributed by atoms with van der Waals surface area (Å²) in [5, 5.41) is 4.58. The van der Waals surface area contributed by atoms with Crippen molar-refractivity contribution < 1.29 is 9.53 Å². The zero-order chi connectivity index (χ0) is 23.9. The highest BCUT2D eigenvalue weighted by Crippen LogP contribution is 2.33. The molecule has 4 heterocycles. The number of hydrogen-bond acceptors (Lipinski definition) is 5. The van der Waals surface area contributed by atoms with Crippen LogP contribution in [-0.4, -0.2) is 69.3 Å². The van der Waals surface area contributed by atoms with Gasteiger partial charge in [-0.25, -0.2) is 4.79 Å². The first-order valence-electron chi connectivity index (χ1n) is 11.9. The van der Waals surface area contributed by atoms with Gasteiger partial charge in [-0.15, -0.1) is 0 Å². The Morgan fingerprint density at radius 1 is 1.18 bits per heavy atom. The number of carbonyl (C=O) groups excluding carboxylic acids is 1. The minimum absolute atomic E-state index is 0.157. The minimum Gasteiger partial charge on any atom is -0.459 e. The van der Waals surface area contributed by atoms with Crippen LogP contribution in [0, 0.1) is 6.92 Å². The van der Waals surface area contributed by atoms with E-state index in [2.05, 4.69) is 59.5 Å². The van der Waals surface area contributed by atoms with Crippen molar-refractivity contribution >= 4 is 11.5 Å². The summed E-state index contributed by atoms with van der Waals surface area (Å²) in [7, 11) is 6.26. The van der Waals surface area contributed by atoms with Crippen molar-refractivity contribution in [3.05, 3.63) is 47.4 Å². The summed E-state index contributed by atoms with van der Waals surface area (Å²) in [4.78, 5) is 17.9. The lowest BCUT2D eigenvalue weighted by Crippen LogP contribution is -2.43. The summed E-state index contributed by atoms with van der Waals surface area (Å²) in [5.74, 6) is -0.259. The molecule has 3 aromatic heterocycles. The van der Waals surface area contributed by atoms with Gasteiger partial charge in [0.25, 0.3) is 0 Å². The van der Waals surface area contributed by atoms with Crippen LogP contribution in [-0.2, 0) is 11.8 Å². The SMILES string of the molecule is Cc1c(C(=O)OC(C)C)cc2cc(-c3ccn(C)n3)cn2c1C(C)N1CCC(N(C)C)CC1. The molecule has 33 heavy (non-hydrogen) atoms. The Morgan fingerprint density at radius 3 is 2.45 bits per heavy atom. The largest absolute Gasteiger partial charge is 0.459 e. The number of likely N-dealkylation sites (tertiary alicyclic amines) is 1. The first-order valence-corrected chi connectivity index (χ1v) is 11.9. The van der Waals surface area contributed by atoms with Gasteiger partial charge < -0.3 is 14.0 Å². The third-order valence-corrected chi connectivity index (χ3v) is 6.93. The summed E-state index contributed by atoms with van der Waals surface area (Å²) in [6.07, 6.45) is 6.25. The van der Waals surface area contributed by atoms with Crippen molar-refractivity contribution in [1.29, 1.82) is 0 Å². The second kappa shape index (κ2) is 9.31. The van der Waals surface area contributed by atoms with Crippen LogP contribution < -0.4 is 0 Å². The molecule has 0 N–H and O–H groups in total. The molecule has 1 saturated heterocycles. The number of nitrogens with zero attached hydrogens (tertiary/aromatic N) is 5. The lowest BCUT2D eigenvalue weighted by atomic mass is 9.98. The van der Waals surface area contributed by atoms with Crippen molar-refractivity contribution in [3.8, 4) is 11.3 Å². The number of aromatic nitrogens is 3. The lowest BCUT2D eigenvalue weighted by Gasteiger charge is -2.39. The van der Waals surface area contributed by atoms with Crippen LogP contribution in [0.4, 0.5) is 0 Å². The van der Waals surface area contributed by atoms with Crippen molar-refractivity contribution in [2.24, 2.45) is 7.05 Å². The number of fused-ring (bicyclic) bond motifs is 1. The van der Waals surface area contributed by atoms with E-state index in [4.69, 9.17) is 4.74 Å². The van der Waals surface area contributed by atoms with Crippen LogP contribution in [0.15, 0.2) is 30.6 Å². The van der Waals surface area contributed by atoms with Crippen molar-refractivity contribution in [1.82, 2.24) is 24.0 Å². The molecule has 1 fully saturated rings. The van der Waals surface area contributed by atoms with Gasteiger partial charge in [0.2, 0.25) is 0 Å². The molecule has 0 aliphatic carbocycles. The molecule has 1 aliphatic rings. The van der Waals surface area contributed by atoms with Crippen LogP contribution >= 0.6 is 0 Å². The van der Waals surface area contributed by atoms with Crippen molar-refractivity contribution in [2.45, 2.75) is 58.7 Å². The fraction of sp³-hybridized carbons (Fsp3) is 0.538. The van der Waals surface area contributed by atoms with E-state index < -0.39 is 0 Å². The average Bonchev–Trinajstić information content (AvgIpc) is 3.38. The third-order valence-electron chi connectivity index (χ3n) is 6.93. The van der Waals surface area contributed by atoms with Crippen LogP contribution in [0.25, 0.3) is 16.8 Å². The van der Waals surface area contributed by atoms with Crippen LogP contribution in [0.1, 0.15) is 61.3 Å². The molecule has 0 aromatic carbocycles. The molecule has 0 bridgehead atoms. The molecular formula is C26H37N5O2. The molecule has 3 aromatic rings. The molecule has 0 spiro atoms. The molecule has 1 atom stereocenters. The number of rotatable bonds is 6. The van der Waals surface area contributed by atoms with Gasteiger partial charge in [-0.05, 0) is 78.4 Å². The van der Waals surface area contributed by atoms with Crippen LogP contribution in [0.3, 0.4) is 0 Å². The molecule has 7 heteroatoms. The lowest BCUT2D eigenvalue weighted by molar-refractivity contribution is 0.0376. The number of piperidine rings is 1. The number of hydrogen-bond donors (Lipinski definition) is 0. The van der Waals surface area contributed by atoms with Crippen molar-refractivity contribution in [3.63, 3.8) is 0 Å². The number of aryl methyl sites for hydroxylation is 1. The number of carbonyl (C=O) groups is 1. The summed E-state index contributed by atoms with van der Waals surface area (Å²) >= 11 is 0. The highest BCUT2D eigenvalue weighted by molar-refractivity contribution is 5.93. The Bertz CT molecular complexity index is 1140. The zero-order valence-electron chi connectivity index (χ0n) is 21.0. The molecule has 178 valence electrons. The first kappa shape index (κ1) is 23.5. The van der Waals surface area contributed by atoms with E-state index in [9.17, 15) is 4.79 Å². The number of esters is 1. The molecule has 7 nitrogen and oxygen atoms in total. The van der Waals surface area contributed by atoms with Gasteiger partial charge in [-0.3, -0.25) is 9.58 Å². The summed E-state index contributed by atoms with van der Waals surface area (Å²) < 4.78 is 9.65. The van der Waals surface area contributed by atoms with E-state index in [1.165, 1.54) is 0 Å². The molecular weight excluding hydrogens is 414 g/mol. The highest BCUT2D eigenvalue weighted by Gasteiger charge is 2.29. The maximum absolute atomic E-state index is 13.0. The minimum atomic E-state index is -0.259. The summed E-state index contributed by atoms with van der Waals surface area (Å²) in [6.45, 7) is 10.2. The molecule has 1 aliphatic heterocycles. The topological polar surface area (TPSA) is 55.0 Å². The van der Waals surface area contributed by atoms with Gasteiger partial charge in [0.15, 0.2) is 0 Å². The molecule has 0 amide bonds. The molecule has 4 rings (SSSR count). The van der Waals surface area contributed by atoms with E-state index in [0.717, 1.165) is 54.0 Å². The summed E-state index contributed by atoms with van der Waals surface area (Å²) in [5.41, 5.74) is 5.74. The monoisotopic (exact) mass is 451 g/mol. The number of ether oxygens (including phenoxy) is 1. The maximum atomic E-state index is 13.0. The van der Waals surface area contributed by atoms with E-state index in [0.29, 0.717) is 11.6 Å².